The Morgan fingerprint density at radius 2 is 1.85 bits per heavy atom. The van der Waals surface area contributed by atoms with Crippen LogP contribution >= 0.6 is 0 Å². The molecule has 0 amide bonds. The highest BCUT2D eigenvalue weighted by Crippen LogP contribution is 2.20. The number of nitrogens with two attached hydrogens (primary N) is 1. The number of carbonyl (C=O) groups excluding carboxylic acids is 2. The molecule has 6 heteroatoms. The van der Waals surface area contributed by atoms with Crippen LogP contribution in [-0.4, -0.2) is 41.2 Å². The van der Waals surface area contributed by atoms with Crippen LogP contribution < -0.4 is 5.73 Å². The van der Waals surface area contributed by atoms with Crippen LogP contribution in [0.5, 0.6) is 0 Å². The Labute approximate surface area is 117 Å². The summed E-state index contributed by atoms with van der Waals surface area (Å²) in [6.45, 7) is 1.79. The minimum atomic E-state index is -1.26. The third kappa shape index (κ3) is 4.41. The lowest BCUT2D eigenvalue weighted by Crippen LogP contribution is -2.23. The van der Waals surface area contributed by atoms with E-state index in [1.807, 2.05) is 0 Å². The van der Waals surface area contributed by atoms with Crippen molar-refractivity contribution in [3.63, 3.8) is 0 Å². The van der Waals surface area contributed by atoms with Gasteiger partial charge in [0.25, 0.3) is 0 Å². The minimum Gasteiger partial charge on any atom is -0.466 e. The molecule has 0 aliphatic carbocycles. The van der Waals surface area contributed by atoms with Gasteiger partial charge >= 0.3 is 5.97 Å². The van der Waals surface area contributed by atoms with E-state index in [9.17, 15) is 19.8 Å². The van der Waals surface area contributed by atoms with Gasteiger partial charge in [-0.05, 0) is 12.5 Å². The molecule has 0 fully saturated rings. The highest BCUT2D eigenvalue weighted by molar-refractivity contribution is 5.97. The van der Waals surface area contributed by atoms with Crippen LogP contribution in [0.1, 0.15) is 35.4 Å². The molecule has 0 heterocycles. The van der Waals surface area contributed by atoms with E-state index in [0.29, 0.717) is 11.1 Å². The second-order valence-electron chi connectivity index (χ2n) is 4.27. The van der Waals surface area contributed by atoms with Gasteiger partial charge < -0.3 is 20.7 Å². The van der Waals surface area contributed by atoms with Gasteiger partial charge in [0.1, 0.15) is 6.10 Å². The van der Waals surface area contributed by atoms with Gasteiger partial charge in [0, 0.05) is 5.56 Å². The standard InChI is InChI=1S/C14H19NO5/c1-2-20-13(18)7-11(16)14(19)10-5-3-9(4-6-10)12(17)8-15/h3-6,11,14,16,19H,2,7-8,15H2,1H3. The number of ether oxygens (including phenoxy) is 1. The number of aliphatic hydroxyl groups is 2. The molecule has 6 nitrogen and oxygen atoms in total. The average molecular weight is 281 g/mol. The summed E-state index contributed by atoms with van der Waals surface area (Å²) in [5, 5.41) is 19.7. The van der Waals surface area contributed by atoms with E-state index in [0.717, 1.165) is 0 Å². The Balaban J connectivity index is 2.69. The van der Waals surface area contributed by atoms with Gasteiger partial charge in [0.05, 0.1) is 25.7 Å². The van der Waals surface area contributed by atoms with Crippen molar-refractivity contribution in [3.8, 4) is 0 Å². The Kier molecular flexibility index (Phi) is 6.30. The summed E-state index contributed by atoms with van der Waals surface area (Å²) >= 11 is 0. The first-order valence-corrected chi connectivity index (χ1v) is 6.34. The number of benzene rings is 1. The van der Waals surface area contributed by atoms with E-state index in [-0.39, 0.29) is 25.4 Å². The van der Waals surface area contributed by atoms with E-state index in [1.54, 1.807) is 6.92 Å². The number of hydrogen-bond acceptors (Lipinski definition) is 6. The Morgan fingerprint density at radius 1 is 1.25 bits per heavy atom. The third-order valence-electron chi connectivity index (χ3n) is 2.81. The molecule has 0 bridgehead atoms. The van der Waals surface area contributed by atoms with Gasteiger partial charge in [-0.25, -0.2) is 0 Å². The van der Waals surface area contributed by atoms with Gasteiger partial charge in [-0.2, -0.15) is 0 Å². The van der Waals surface area contributed by atoms with Gasteiger partial charge in [0.15, 0.2) is 5.78 Å². The predicted octanol–water partition coefficient (Wildman–Crippen LogP) is 0.175. The molecule has 0 aliphatic heterocycles. The first kappa shape index (κ1) is 16.3. The maximum Gasteiger partial charge on any atom is 0.308 e. The monoisotopic (exact) mass is 281 g/mol. The Morgan fingerprint density at radius 3 is 2.35 bits per heavy atom. The molecule has 0 radical (unpaired) electrons. The fraction of sp³-hybridized carbons (Fsp3) is 0.429. The SMILES string of the molecule is CCOC(=O)CC(O)C(O)c1ccc(C(=O)CN)cc1. The van der Waals surface area contributed by atoms with Crippen molar-refractivity contribution in [1.82, 2.24) is 0 Å². The summed E-state index contributed by atoms with van der Waals surface area (Å²) in [5.41, 5.74) is 6.09. The predicted molar refractivity (Wildman–Crippen MR) is 72.0 cm³/mol. The van der Waals surface area contributed by atoms with Crippen molar-refractivity contribution in [2.45, 2.75) is 25.6 Å². The smallest absolute Gasteiger partial charge is 0.308 e. The second kappa shape index (κ2) is 7.74. The lowest BCUT2D eigenvalue weighted by Gasteiger charge is -2.17. The molecule has 0 saturated carbocycles. The van der Waals surface area contributed by atoms with Crippen molar-refractivity contribution in [2.24, 2.45) is 5.73 Å². The lowest BCUT2D eigenvalue weighted by atomic mass is 10.00. The first-order valence-electron chi connectivity index (χ1n) is 6.34. The molecule has 1 aromatic carbocycles. The highest BCUT2D eigenvalue weighted by atomic mass is 16.5. The van der Waals surface area contributed by atoms with Crippen molar-refractivity contribution >= 4 is 11.8 Å². The van der Waals surface area contributed by atoms with Gasteiger partial charge in [-0.1, -0.05) is 24.3 Å². The fourth-order valence-corrected chi connectivity index (χ4v) is 1.71. The summed E-state index contributed by atoms with van der Waals surface area (Å²) in [5.74, 6) is -0.785. The van der Waals surface area contributed by atoms with E-state index in [2.05, 4.69) is 0 Å². The van der Waals surface area contributed by atoms with E-state index in [1.165, 1.54) is 24.3 Å². The van der Waals surface area contributed by atoms with Crippen LogP contribution in [0.15, 0.2) is 24.3 Å². The maximum atomic E-state index is 11.3. The molecular formula is C14H19NO5. The van der Waals surface area contributed by atoms with Gasteiger partial charge in [-0.15, -0.1) is 0 Å². The molecule has 0 aliphatic rings. The summed E-state index contributed by atoms with van der Waals surface area (Å²) in [4.78, 5) is 22.6. The van der Waals surface area contributed by atoms with E-state index < -0.39 is 18.2 Å². The molecule has 110 valence electrons. The highest BCUT2D eigenvalue weighted by Gasteiger charge is 2.22. The lowest BCUT2D eigenvalue weighted by molar-refractivity contribution is -0.147. The van der Waals surface area contributed by atoms with Crippen molar-refractivity contribution in [3.05, 3.63) is 35.4 Å². The van der Waals surface area contributed by atoms with E-state index >= 15 is 0 Å². The molecule has 2 atom stereocenters. The number of esters is 1. The topological polar surface area (TPSA) is 110 Å². The number of rotatable bonds is 7. The number of carbonyl (C=O) groups is 2. The minimum absolute atomic E-state index is 0.0899. The van der Waals surface area contributed by atoms with Gasteiger partial charge in [-0.3, -0.25) is 9.59 Å². The van der Waals surface area contributed by atoms with Crippen molar-refractivity contribution in [1.29, 1.82) is 0 Å². The third-order valence-corrected chi connectivity index (χ3v) is 2.81. The number of hydrogen-bond donors (Lipinski definition) is 3. The molecule has 2 unspecified atom stereocenters. The molecule has 0 spiro atoms. The number of Topliss-reactive ketones (excluding diaryl/α,β-unsaturated/α-hetero) is 1. The summed E-state index contributed by atoms with van der Waals surface area (Å²) in [7, 11) is 0. The molecule has 4 N–H and O–H groups in total. The number of aliphatic hydroxyl groups excluding tert-OH is 2. The quantitative estimate of drug-likeness (QED) is 0.485. The molecular weight excluding hydrogens is 262 g/mol. The summed E-state index contributed by atoms with van der Waals surface area (Å²) in [6, 6.07) is 6.07. The molecule has 1 aromatic rings. The molecule has 1 rings (SSSR count). The average Bonchev–Trinajstić information content (AvgIpc) is 2.46. The number of ketones is 1. The Bertz CT molecular complexity index is 457. The molecule has 0 saturated heterocycles. The zero-order valence-corrected chi connectivity index (χ0v) is 11.3. The summed E-state index contributed by atoms with van der Waals surface area (Å²) in [6.07, 6.45) is -2.77. The van der Waals surface area contributed by atoms with Crippen molar-refractivity contribution < 1.29 is 24.5 Å². The Hall–Kier alpha value is -1.76. The normalized spacial score (nSPS) is 13.6. The largest absolute Gasteiger partial charge is 0.466 e. The van der Waals surface area contributed by atoms with Crippen LogP contribution in [0.3, 0.4) is 0 Å². The zero-order chi connectivity index (χ0) is 15.1. The van der Waals surface area contributed by atoms with Gasteiger partial charge in [0.2, 0.25) is 0 Å². The van der Waals surface area contributed by atoms with Crippen molar-refractivity contribution in [2.75, 3.05) is 13.2 Å². The first-order chi connectivity index (χ1) is 9.49. The van der Waals surface area contributed by atoms with Crippen LogP contribution in [-0.2, 0) is 9.53 Å². The van der Waals surface area contributed by atoms with Crippen LogP contribution in [0.2, 0.25) is 0 Å². The van der Waals surface area contributed by atoms with Crippen LogP contribution in [0, 0.1) is 0 Å². The maximum absolute atomic E-state index is 11.3. The zero-order valence-electron chi connectivity index (χ0n) is 11.3. The molecule has 20 heavy (non-hydrogen) atoms. The van der Waals surface area contributed by atoms with Crippen LogP contribution in [0.25, 0.3) is 0 Å². The summed E-state index contributed by atoms with van der Waals surface area (Å²) < 4.78 is 4.70. The van der Waals surface area contributed by atoms with E-state index in [4.69, 9.17) is 10.5 Å². The second-order valence-corrected chi connectivity index (χ2v) is 4.27. The molecule has 0 aromatic heterocycles. The fourth-order valence-electron chi connectivity index (χ4n) is 1.71. The van der Waals surface area contributed by atoms with Crippen LogP contribution in [0.4, 0.5) is 0 Å².